The Bertz CT molecular complexity index is 319. The minimum atomic E-state index is 0.0811. The van der Waals surface area contributed by atoms with Gasteiger partial charge in [0.15, 0.2) is 0 Å². The summed E-state index contributed by atoms with van der Waals surface area (Å²) in [6.07, 6.45) is 0. The molecule has 0 aliphatic rings. The molecule has 0 nitrogen and oxygen atoms in total. The van der Waals surface area contributed by atoms with Crippen LogP contribution in [-0.4, -0.2) is 0 Å². The van der Waals surface area contributed by atoms with E-state index in [1.807, 2.05) is 6.07 Å². The summed E-state index contributed by atoms with van der Waals surface area (Å²) in [4.78, 5) is 0. The van der Waals surface area contributed by atoms with Crippen LogP contribution >= 0.6 is 0 Å². The van der Waals surface area contributed by atoms with E-state index in [4.69, 9.17) is 0 Å². The highest BCUT2D eigenvalue weighted by Gasteiger charge is 2.47. The maximum atomic E-state index is 3.30. The average molecular weight is 216 g/mol. The van der Waals surface area contributed by atoms with E-state index in [0.29, 0.717) is 0 Å². The van der Waals surface area contributed by atoms with E-state index < -0.39 is 0 Å². The van der Waals surface area contributed by atoms with Crippen molar-refractivity contribution in [2.45, 2.75) is 53.9 Å². The first-order valence-corrected chi connectivity index (χ1v) is 5.99. The molecule has 0 heteroatoms. The Labute approximate surface area is 101 Å². The zero-order valence-electron chi connectivity index (χ0n) is 11.7. The van der Waals surface area contributed by atoms with Crippen molar-refractivity contribution in [1.29, 1.82) is 0 Å². The van der Waals surface area contributed by atoms with E-state index in [-0.39, 0.29) is 16.2 Å². The molecule has 0 heterocycles. The molecule has 0 fully saturated rings. The summed E-state index contributed by atoms with van der Waals surface area (Å²) in [5.74, 6) is 0. The second-order valence-corrected chi connectivity index (χ2v) is 6.83. The van der Waals surface area contributed by atoms with Gasteiger partial charge in [0.05, 0.1) is 0 Å². The Hall–Kier alpha value is -0.780. The van der Waals surface area contributed by atoms with Crippen LogP contribution in [0.15, 0.2) is 18.2 Å². The molecule has 0 bridgehead atoms. The first-order valence-electron chi connectivity index (χ1n) is 5.99. The lowest BCUT2D eigenvalue weighted by atomic mass is 9.52. The SMILES string of the molecule is CC(C)(C)C(C)(c1[c][c]ccc1)C(C)(C)C. The number of hydrogen-bond acceptors (Lipinski definition) is 0. The van der Waals surface area contributed by atoms with Crippen molar-refractivity contribution in [3.05, 3.63) is 35.9 Å². The van der Waals surface area contributed by atoms with Crippen molar-refractivity contribution in [2.24, 2.45) is 10.8 Å². The molecule has 1 rings (SSSR count). The van der Waals surface area contributed by atoms with Crippen LogP contribution in [0.2, 0.25) is 0 Å². The van der Waals surface area contributed by atoms with Crippen LogP contribution in [0.25, 0.3) is 0 Å². The number of hydrogen-bond donors (Lipinski definition) is 0. The maximum Gasteiger partial charge on any atom is 0.00280 e. The van der Waals surface area contributed by atoms with Gasteiger partial charge in [-0.2, -0.15) is 0 Å². The largest absolute Gasteiger partial charge is 0.0613 e. The van der Waals surface area contributed by atoms with Crippen molar-refractivity contribution in [1.82, 2.24) is 0 Å². The van der Waals surface area contributed by atoms with Crippen LogP contribution in [0.5, 0.6) is 0 Å². The van der Waals surface area contributed by atoms with Gasteiger partial charge >= 0.3 is 0 Å². The Balaban J connectivity index is 3.39. The van der Waals surface area contributed by atoms with Gasteiger partial charge in [0.2, 0.25) is 0 Å². The molecule has 0 aliphatic carbocycles. The zero-order valence-corrected chi connectivity index (χ0v) is 11.7. The number of benzene rings is 1. The molecule has 0 saturated carbocycles. The van der Waals surface area contributed by atoms with Crippen LogP contribution in [0.1, 0.15) is 54.0 Å². The van der Waals surface area contributed by atoms with Crippen LogP contribution in [0.3, 0.4) is 0 Å². The molecule has 0 aromatic heterocycles. The zero-order chi connectivity index (χ0) is 12.6. The maximum absolute atomic E-state index is 3.30. The minimum Gasteiger partial charge on any atom is -0.0613 e. The van der Waals surface area contributed by atoms with Gasteiger partial charge in [-0.25, -0.2) is 0 Å². The molecule has 0 aliphatic heterocycles. The molecule has 2 radical (unpaired) electrons. The van der Waals surface area contributed by atoms with E-state index in [1.165, 1.54) is 5.56 Å². The van der Waals surface area contributed by atoms with Crippen molar-refractivity contribution >= 4 is 0 Å². The summed E-state index contributed by atoms with van der Waals surface area (Å²) in [5, 5.41) is 0. The summed E-state index contributed by atoms with van der Waals surface area (Å²) >= 11 is 0. The van der Waals surface area contributed by atoms with Crippen LogP contribution < -0.4 is 0 Å². The first-order chi connectivity index (χ1) is 7.11. The van der Waals surface area contributed by atoms with Gasteiger partial charge in [0.1, 0.15) is 0 Å². The normalized spacial score (nSPS) is 13.9. The van der Waals surface area contributed by atoms with E-state index >= 15 is 0 Å². The molecule has 88 valence electrons. The molecular formula is C16H24. The highest BCUT2D eigenvalue weighted by Crippen LogP contribution is 2.52. The molecule has 0 amide bonds. The van der Waals surface area contributed by atoms with Gasteiger partial charge < -0.3 is 0 Å². The van der Waals surface area contributed by atoms with Gasteiger partial charge in [-0.1, -0.05) is 66.7 Å². The number of rotatable bonds is 1. The van der Waals surface area contributed by atoms with Gasteiger partial charge in [-0.15, -0.1) is 0 Å². The first kappa shape index (κ1) is 13.3. The summed E-state index contributed by atoms with van der Waals surface area (Å²) in [5.41, 5.74) is 1.72. The monoisotopic (exact) mass is 216 g/mol. The van der Waals surface area contributed by atoms with E-state index in [1.54, 1.807) is 0 Å². The quantitative estimate of drug-likeness (QED) is 0.641. The van der Waals surface area contributed by atoms with E-state index in [9.17, 15) is 0 Å². The molecule has 16 heavy (non-hydrogen) atoms. The van der Waals surface area contributed by atoms with E-state index in [0.717, 1.165) is 0 Å². The minimum absolute atomic E-state index is 0.0811. The van der Waals surface area contributed by atoms with E-state index in [2.05, 4.69) is 72.7 Å². The molecule has 0 N–H and O–H groups in total. The highest BCUT2D eigenvalue weighted by atomic mass is 14.5. The fourth-order valence-corrected chi connectivity index (χ4v) is 2.58. The smallest absolute Gasteiger partial charge is 0.00280 e. The molecule has 0 atom stereocenters. The van der Waals surface area contributed by atoms with Gasteiger partial charge in [-0.05, 0) is 28.5 Å². The lowest BCUT2D eigenvalue weighted by Gasteiger charge is -2.52. The third-order valence-electron chi connectivity index (χ3n) is 4.19. The Morgan fingerprint density at radius 2 is 1.38 bits per heavy atom. The third-order valence-corrected chi connectivity index (χ3v) is 4.19. The van der Waals surface area contributed by atoms with Crippen molar-refractivity contribution in [2.75, 3.05) is 0 Å². The summed E-state index contributed by atoms with van der Waals surface area (Å²) < 4.78 is 0. The highest BCUT2D eigenvalue weighted by molar-refractivity contribution is 5.28. The summed E-state index contributed by atoms with van der Waals surface area (Å²) in [6, 6.07) is 12.5. The molecule has 0 spiro atoms. The van der Waals surface area contributed by atoms with Crippen molar-refractivity contribution < 1.29 is 0 Å². The Kier molecular flexibility index (Phi) is 3.24. The van der Waals surface area contributed by atoms with Crippen LogP contribution in [0.4, 0.5) is 0 Å². The standard InChI is InChI=1S/C16H24/c1-14(2,3)16(7,15(4,5)6)13-11-9-8-10-12-13/h8-9,11H,1-7H3. The molecule has 1 aromatic carbocycles. The van der Waals surface area contributed by atoms with Gasteiger partial charge in [-0.3, -0.25) is 0 Å². The molecule has 0 unspecified atom stereocenters. The lowest BCUT2D eigenvalue weighted by Crippen LogP contribution is -2.47. The topological polar surface area (TPSA) is 0 Å². The molecule has 0 saturated heterocycles. The average Bonchev–Trinajstić information content (AvgIpc) is 2.14. The second-order valence-electron chi connectivity index (χ2n) is 6.83. The van der Waals surface area contributed by atoms with Crippen molar-refractivity contribution in [3.63, 3.8) is 0 Å². The Morgan fingerprint density at radius 1 is 0.875 bits per heavy atom. The fourth-order valence-electron chi connectivity index (χ4n) is 2.58. The molecule has 1 aromatic rings. The second kappa shape index (κ2) is 3.91. The van der Waals surface area contributed by atoms with Crippen LogP contribution in [0, 0.1) is 23.0 Å². The summed E-state index contributed by atoms with van der Waals surface area (Å²) in [7, 11) is 0. The summed E-state index contributed by atoms with van der Waals surface area (Å²) in [6.45, 7) is 16.2. The van der Waals surface area contributed by atoms with Gasteiger partial charge in [0, 0.05) is 5.41 Å². The van der Waals surface area contributed by atoms with Crippen molar-refractivity contribution in [3.8, 4) is 0 Å². The molecular weight excluding hydrogens is 192 g/mol. The Morgan fingerprint density at radius 3 is 1.69 bits per heavy atom. The predicted molar refractivity (Wildman–Crippen MR) is 70.4 cm³/mol. The fraction of sp³-hybridized carbons (Fsp3) is 0.625. The third kappa shape index (κ3) is 2.03. The lowest BCUT2D eigenvalue weighted by molar-refractivity contribution is 0.0691. The predicted octanol–water partition coefficient (Wildman–Crippen LogP) is 4.64. The van der Waals surface area contributed by atoms with Crippen LogP contribution in [-0.2, 0) is 5.41 Å². The van der Waals surface area contributed by atoms with Gasteiger partial charge in [0.25, 0.3) is 0 Å².